The average molecular weight is 175 g/mol. The zero-order valence-corrected chi connectivity index (χ0v) is 6.40. The second-order valence-electron chi connectivity index (χ2n) is 1.63. The Kier molecular flexibility index (Phi) is 1.44. The summed E-state index contributed by atoms with van der Waals surface area (Å²) in [5, 5.41) is -0.286. The van der Waals surface area contributed by atoms with Crippen LogP contribution < -0.4 is 0 Å². The Morgan fingerprint density at radius 1 is 1.91 bits per heavy atom. The summed E-state index contributed by atoms with van der Waals surface area (Å²) in [6, 6.07) is -0.842. The Hall–Kier alpha value is -1.09. The van der Waals surface area contributed by atoms with Crippen molar-refractivity contribution < 1.29 is 13.6 Å². The van der Waals surface area contributed by atoms with Gasteiger partial charge in [0, 0.05) is 6.17 Å². The van der Waals surface area contributed by atoms with Crippen LogP contribution in [0.1, 0.15) is 14.5 Å². The summed E-state index contributed by atoms with van der Waals surface area (Å²) in [7, 11) is 1.12. The van der Waals surface area contributed by atoms with Gasteiger partial charge in [-0.05, 0) is 12.1 Å². The fraction of sp³-hybridized carbons (Fsp3) is 0.143. The fourth-order valence-corrected chi connectivity index (χ4v) is 0.636. The number of methoxy groups -OCH3 is 1. The van der Waals surface area contributed by atoms with Crippen LogP contribution in [0, 0.1) is 0 Å². The third-order valence-electron chi connectivity index (χ3n) is 0.953. The lowest BCUT2D eigenvalue weighted by Crippen LogP contribution is -2.00. The number of ether oxygens (including phenoxy) is 1. The zero-order valence-electron chi connectivity index (χ0n) is 8.64. The molecule has 0 bridgehead atoms. The monoisotopic (exact) mass is 174 g/mol. The van der Waals surface area contributed by atoms with Gasteiger partial charge in [-0.1, -0.05) is 11.6 Å². The van der Waals surface area contributed by atoms with E-state index < -0.39 is 18.2 Å². The number of hydrogen-bond acceptors (Lipinski definition) is 3. The highest BCUT2D eigenvalue weighted by molar-refractivity contribution is 6.29. The minimum atomic E-state index is -0.863. The predicted octanol–water partition coefficient (Wildman–Crippen LogP) is 1.52. The number of nitrogens with zero attached hydrogens (tertiary/aromatic N) is 1. The van der Waals surface area contributed by atoms with Gasteiger partial charge >= 0.3 is 5.97 Å². The molecule has 0 atom stereocenters. The van der Waals surface area contributed by atoms with Crippen molar-refractivity contribution in [3.63, 3.8) is 0 Å². The molecule has 1 aromatic rings. The first-order chi connectivity index (χ1) is 6.49. The highest BCUT2D eigenvalue weighted by Crippen LogP contribution is 2.07. The van der Waals surface area contributed by atoms with Gasteiger partial charge in [0.15, 0.2) is 0 Å². The van der Waals surface area contributed by atoms with E-state index in [2.05, 4.69) is 9.72 Å². The number of carbonyl (C=O) groups is 1. The molecule has 0 saturated carbocycles. The van der Waals surface area contributed by atoms with E-state index in [1.807, 2.05) is 0 Å². The van der Waals surface area contributed by atoms with Crippen molar-refractivity contribution in [3.8, 4) is 0 Å². The molecule has 0 aliphatic carbocycles. The second-order valence-corrected chi connectivity index (χ2v) is 1.99. The molecule has 1 aromatic heterocycles. The lowest BCUT2D eigenvalue weighted by atomic mass is 10.3. The van der Waals surface area contributed by atoms with Gasteiger partial charge < -0.3 is 4.74 Å². The smallest absolute Gasteiger partial charge is 0.338 e. The third kappa shape index (κ3) is 1.91. The van der Waals surface area contributed by atoms with Crippen LogP contribution in [-0.4, -0.2) is 18.1 Å². The van der Waals surface area contributed by atoms with Gasteiger partial charge in [0.1, 0.15) is 5.15 Å². The van der Waals surface area contributed by atoms with Gasteiger partial charge in [-0.2, -0.15) is 0 Å². The molecule has 3 nitrogen and oxygen atoms in total. The third-order valence-corrected chi connectivity index (χ3v) is 1.13. The molecule has 0 saturated heterocycles. The number of pyridine rings is 1. The van der Waals surface area contributed by atoms with Crippen LogP contribution in [0.5, 0.6) is 0 Å². The van der Waals surface area contributed by atoms with Gasteiger partial charge in [0.05, 0.1) is 16.8 Å². The number of halogens is 1. The molecular formula is C7H6ClNO2. The molecule has 1 heterocycles. The minimum absolute atomic E-state index is 0.286. The summed E-state index contributed by atoms with van der Waals surface area (Å²) in [5.41, 5.74) is -0.336. The Bertz CT molecular complexity index is 371. The first-order valence-electron chi connectivity index (χ1n) is 4.20. The average Bonchev–Trinajstić information content (AvgIpc) is 2.15. The van der Waals surface area contributed by atoms with E-state index in [0.717, 1.165) is 7.11 Å². The van der Waals surface area contributed by atoms with Crippen molar-refractivity contribution in [2.24, 2.45) is 0 Å². The maximum absolute atomic E-state index is 11.1. The topological polar surface area (TPSA) is 39.2 Å². The van der Waals surface area contributed by atoms with Crippen molar-refractivity contribution in [1.82, 2.24) is 4.98 Å². The quantitative estimate of drug-likeness (QED) is 0.479. The molecule has 0 aliphatic rings. The molecule has 11 heavy (non-hydrogen) atoms. The standard InChI is InChI=1S/C7H6ClNO2/c1-11-7(10)5-2-3-9-6(8)4-5/h2-4H,1H3/i2D,3D,4D. The normalized spacial score (nSPS) is 13.1. The van der Waals surface area contributed by atoms with Crippen LogP contribution in [0.2, 0.25) is 5.15 Å². The first kappa shape index (κ1) is 4.72. The van der Waals surface area contributed by atoms with Crippen LogP contribution in [0.4, 0.5) is 0 Å². The lowest BCUT2D eigenvalue weighted by Gasteiger charge is -1.96. The molecule has 0 radical (unpaired) electrons. The highest BCUT2D eigenvalue weighted by atomic mass is 35.5. The van der Waals surface area contributed by atoms with Crippen LogP contribution in [0.3, 0.4) is 0 Å². The van der Waals surface area contributed by atoms with E-state index in [4.69, 9.17) is 15.7 Å². The van der Waals surface area contributed by atoms with Crippen molar-refractivity contribution in [3.05, 3.63) is 29.0 Å². The fourth-order valence-electron chi connectivity index (χ4n) is 0.499. The van der Waals surface area contributed by atoms with Gasteiger partial charge in [-0.3, -0.25) is 0 Å². The molecule has 0 aromatic carbocycles. The van der Waals surface area contributed by atoms with Crippen molar-refractivity contribution >= 4 is 17.6 Å². The molecule has 0 unspecified atom stereocenters. The number of esters is 1. The van der Waals surface area contributed by atoms with Crippen LogP contribution in [0.25, 0.3) is 0 Å². The molecule has 0 N–H and O–H groups in total. The van der Waals surface area contributed by atoms with Crippen molar-refractivity contribution in [2.75, 3.05) is 7.11 Å². The molecule has 0 amide bonds. The number of hydrogen-bond donors (Lipinski definition) is 0. The Morgan fingerprint density at radius 2 is 2.64 bits per heavy atom. The van der Waals surface area contributed by atoms with E-state index in [1.165, 1.54) is 0 Å². The Balaban J connectivity index is 3.47. The van der Waals surface area contributed by atoms with Gasteiger partial charge in [0.2, 0.25) is 0 Å². The molecule has 0 spiro atoms. The van der Waals surface area contributed by atoms with Gasteiger partial charge in [0.25, 0.3) is 0 Å². The largest absolute Gasteiger partial charge is 0.465 e. The summed E-state index contributed by atoms with van der Waals surface area (Å²) in [6.45, 7) is 0. The van der Waals surface area contributed by atoms with E-state index in [0.29, 0.717) is 0 Å². The molecular weight excluding hydrogens is 166 g/mol. The first-order valence-corrected chi connectivity index (χ1v) is 3.08. The summed E-state index contributed by atoms with van der Waals surface area (Å²) in [4.78, 5) is 14.5. The Morgan fingerprint density at radius 3 is 3.27 bits per heavy atom. The van der Waals surface area contributed by atoms with Gasteiger partial charge in [-0.15, -0.1) is 0 Å². The molecule has 1 rings (SSSR count). The highest BCUT2D eigenvalue weighted by Gasteiger charge is 2.04. The lowest BCUT2D eigenvalue weighted by molar-refractivity contribution is 0.0600. The van der Waals surface area contributed by atoms with Crippen molar-refractivity contribution in [1.29, 1.82) is 0 Å². The Labute approximate surface area is 73.2 Å². The summed E-state index contributed by atoms with van der Waals surface area (Å²) in [5.74, 6) is -0.863. The summed E-state index contributed by atoms with van der Waals surface area (Å²) < 4.78 is 26.3. The molecule has 4 heteroatoms. The molecule has 0 fully saturated rings. The van der Waals surface area contributed by atoms with Crippen molar-refractivity contribution in [2.45, 2.75) is 0 Å². The maximum Gasteiger partial charge on any atom is 0.338 e. The summed E-state index contributed by atoms with van der Waals surface area (Å²) in [6.07, 6.45) is -0.452. The summed E-state index contributed by atoms with van der Waals surface area (Å²) >= 11 is 5.48. The number of rotatable bonds is 1. The van der Waals surface area contributed by atoms with E-state index in [1.54, 1.807) is 0 Å². The molecule has 58 valence electrons. The number of carbonyl (C=O) groups excluding carboxylic acids is 1. The minimum Gasteiger partial charge on any atom is -0.465 e. The van der Waals surface area contributed by atoms with Crippen LogP contribution in [0.15, 0.2) is 18.3 Å². The van der Waals surface area contributed by atoms with E-state index in [-0.39, 0.29) is 16.8 Å². The van der Waals surface area contributed by atoms with E-state index >= 15 is 0 Å². The van der Waals surface area contributed by atoms with E-state index in [9.17, 15) is 4.79 Å². The van der Waals surface area contributed by atoms with Crippen LogP contribution >= 0.6 is 11.6 Å². The number of aromatic nitrogens is 1. The SMILES string of the molecule is [2H]c1nc(Cl)c([2H])c(C(=O)OC)c1[2H]. The zero-order chi connectivity index (χ0) is 10.9. The molecule has 0 aliphatic heterocycles. The maximum atomic E-state index is 11.1. The second kappa shape index (κ2) is 3.34. The van der Waals surface area contributed by atoms with Gasteiger partial charge in [-0.25, -0.2) is 9.78 Å². The van der Waals surface area contributed by atoms with Crippen LogP contribution in [-0.2, 0) is 4.74 Å². The predicted molar refractivity (Wildman–Crippen MR) is 40.6 cm³/mol.